The van der Waals surface area contributed by atoms with Crippen LogP contribution < -0.4 is 9.04 Å². The Morgan fingerprint density at radius 2 is 1.68 bits per heavy atom. The summed E-state index contributed by atoms with van der Waals surface area (Å²) in [6, 6.07) is 22.6. The molecule has 1 N–H and O–H groups in total. The van der Waals surface area contributed by atoms with Gasteiger partial charge in [0.1, 0.15) is 5.75 Å². The van der Waals surface area contributed by atoms with E-state index < -0.39 is 16.1 Å². The third-order valence-corrected chi connectivity index (χ3v) is 6.79. The summed E-state index contributed by atoms with van der Waals surface area (Å²) in [6.07, 6.45) is 0.661. The van der Waals surface area contributed by atoms with Gasteiger partial charge >= 0.3 is 0 Å². The van der Waals surface area contributed by atoms with E-state index in [1.54, 1.807) is 48.8 Å². The van der Waals surface area contributed by atoms with Crippen molar-refractivity contribution in [3.05, 3.63) is 85.2 Å². The highest BCUT2D eigenvalue weighted by Crippen LogP contribution is 2.32. The SMILES string of the molecule is COc1ccccc1N(CC(O)Cn1cnc2ccccc21)S(=O)(=O)c1ccccc1. The minimum absolute atomic E-state index is 0.140. The fourth-order valence-electron chi connectivity index (χ4n) is 3.51. The van der Waals surface area contributed by atoms with Gasteiger partial charge in [-0.1, -0.05) is 42.5 Å². The number of benzene rings is 3. The van der Waals surface area contributed by atoms with Gasteiger partial charge in [-0.05, 0) is 36.4 Å². The lowest BCUT2D eigenvalue weighted by molar-refractivity contribution is 0.164. The van der Waals surface area contributed by atoms with Gasteiger partial charge in [-0.2, -0.15) is 0 Å². The molecule has 0 saturated heterocycles. The fourth-order valence-corrected chi connectivity index (χ4v) is 5.05. The first kappa shape index (κ1) is 20.9. The summed E-state index contributed by atoms with van der Waals surface area (Å²) in [5.74, 6) is 0.405. The summed E-state index contributed by atoms with van der Waals surface area (Å²) < 4.78 is 35.4. The van der Waals surface area contributed by atoms with E-state index in [1.807, 2.05) is 28.8 Å². The van der Waals surface area contributed by atoms with E-state index in [-0.39, 0.29) is 18.0 Å². The van der Waals surface area contributed by atoms with Gasteiger partial charge in [0.15, 0.2) is 0 Å². The van der Waals surface area contributed by atoms with Crippen LogP contribution in [0.1, 0.15) is 0 Å². The van der Waals surface area contributed by atoms with Crippen LogP contribution in [0.15, 0.2) is 90.1 Å². The molecule has 0 bridgehead atoms. The van der Waals surface area contributed by atoms with E-state index in [4.69, 9.17) is 4.74 Å². The van der Waals surface area contributed by atoms with Crippen LogP contribution >= 0.6 is 0 Å². The second kappa shape index (κ2) is 8.79. The summed E-state index contributed by atoms with van der Waals surface area (Å²) in [4.78, 5) is 4.47. The topological polar surface area (TPSA) is 84.7 Å². The number of hydrogen-bond acceptors (Lipinski definition) is 5. The van der Waals surface area contributed by atoms with Crippen LogP contribution in [-0.2, 0) is 16.6 Å². The molecule has 0 radical (unpaired) electrons. The third-order valence-electron chi connectivity index (χ3n) is 5.00. The van der Waals surface area contributed by atoms with Crippen molar-refractivity contribution in [2.24, 2.45) is 0 Å². The Morgan fingerprint density at radius 1 is 1.00 bits per heavy atom. The summed E-state index contributed by atoms with van der Waals surface area (Å²) in [7, 11) is -2.45. The summed E-state index contributed by atoms with van der Waals surface area (Å²) in [5.41, 5.74) is 2.05. The minimum Gasteiger partial charge on any atom is -0.495 e. The number of aliphatic hydroxyl groups excluding tert-OH is 1. The van der Waals surface area contributed by atoms with Crippen LogP contribution in [0.25, 0.3) is 11.0 Å². The van der Waals surface area contributed by atoms with Crippen LogP contribution in [0.4, 0.5) is 5.69 Å². The van der Waals surface area contributed by atoms with Crippen LogP contribution in [-0.4, -0.2) is 42.8 Å². The Hall–Kier alpha value is -3.36. The number of hydrogen-bond donors (Lipinski definition) is 1. The molecule has 0 aliphatic rings. The number of imidazole rings is 1. The molecule has 1 unspecified atom stereocenters. The van der Waals surface area contributed by atoms with Gasteiger partial charge in [-0.15, -0.1) is 0 Å². The van der Waals surface area contributed by atoms with Gasteiger partial charge in [0.25, 0.3) is 10.0 Å². The molecule has 8 heteroatoms. The Kier molecular flexibility index (Phi) is 5.92. The van der Waals surface area contributed by atoms with Gasteiger partial charge in [0, 0.05) is 0 Å². The van der Waals surface area contributed by atoms with Gasteiger partial charge in [0.2, 0.25) is 0 Å². The van der Waals surface area contributed by atoms with E-state index >= 15 is 0 Å². The molecule has 4 aromatic rings. The van der Waals surface area contributed by atoms with Crippen molar-refractivity contribution < 1.29 is 18.3 Å². The zero-order valence-corrected chi connectivity index (χ0v) is 17.8. The van der Waals surface area contributed by atoms with Gasteiger partial charge in [-0.3, -0.25) is 4.31 Å². The highest BCUT2D eigenvalue weighted by Gasteiger charge is 2.29. The number of aromatic nitrogens is 2. The molecule has 7 nitrogen and oxygen atoms in total. The molecule has 0 aliphatic heterocycles. The average Bonchev–Trinajstić information content (AvgIpc) is 3.20. The third kappa shape index (κ3) is 4.26. The maximum absolute atomic E-state index is 13.5. The van der Waals surface area contributed by atoms with Crippen LogP contribution in [0.3, 0.4) is 0 Å². The van der Waals surface area contributed by atoms with Crippen LogP contribution in [0.5, 0.6) is 5.75 Å². The number of aliphatic hydroxyl groups is 1. The molecule has 0 fully saturated rings. The van der Waals surface area contributed by atoms with Crippen molar-refractivity contribution in [3.63, 3.8) is 0 Å². The quantitative estimate of drug-likeness (QED) is 0.457. The Morgan fingerprint density at radius 3 is 2.45 bits per heavy atom. The molecule has 0 amide bonds. The number of methoxy groups -OCH3 is 1. The molecule has 160 valence electrons. The van der Waals surface area contributed by atoms with E-state index in [9.17, 15) is 13.5 Å². The minimum atomic E-state index is -3.93. The lowest BCUT2D eigenvalue weighted by atomic mass is 10.2. The molecule has 4 rings (SSSR count). The highest BCUT2D eigenvalue weighted by molar-refractivity contribution is 7.92. The molecule has 3 aromatic carbocycles. The highest BCUT2D eigenvalue weighted by atomic mass is 32.2. The summed E-state index contributed by atoms with van der Waals surface area (Å²) in [5, 5.41) is 10.9. The summed E-state index contributed by atoms with van der Waals surface area (Å²) in [6.45, 7) is 0.0422. The second-order valence-electron chi connectivity index (χ2n) is 7.06. The van der Waals surface area contributed by atoms with Crippen LogP contribution in [0.2, 0.25) is 0 Å². The Bertz CT molecular complexity index is 1270. The van der Waals surface area contributed by atoms with Crippen molar-refractivity contribution in [2.45, 2.75) is 17.5 Å². The van der Waals surface area contributed by atoms with Gasteiger partial charge in [0.05, 0.1) is 54.2 Å². The number of fused-ring (bicyclic) bond motifs is 1. The number of nitrogens with zero attached hydrogens (tertiary/aromatic N) is 3. The number of para-hydroxylation sites is 4. The molecule has 0 spiro atoms. The van der Waals surface area contributed by atoms with Crippen molar-refractivity contribution in [1.29, 1.82) is 0 Å². The lowest BCUT2D eigenvalue weighted by Crippen LogP contribution is -2.39. The molecule has 0 saturated carbocycles. The zero-order valence-electron chi connectivity index (χ0n) is 17.0. The lowest BCUT2D eigenvalue weighted by Gasteiger charge is -2.28. The molecular weight excluding hydrogens is 414 g/mol. The number of rotatable bonds is 8. The van der Waals surface area contributed by atoms with Crippen molar-refractivity contribution in [2.75, 3.05) is 18.0 Å². The number of sulfonamides is 1. The monoisotopic (exact) mass is 437 g/mol. The normalized spacial score (nSPS) is 12.6. The van der Waals surface area contributed by atoms with Gasteiger partial charge in [-0.25, -0.2) is 13.4 Å². The molecule has 1 aromatic heterocycles. The zero-order chi connectivity index (χ0) is 21.8. The van der Waals surface area contributed by atoms with E-state index in [1.165, 1.54) is 23.5 Å². The van der Waals surface area contributed by atoms with E-state index in [0.717, 1.165) is 11.0 Å². The van der Waals surface area contributed by atoms with Crippen molar-refractivity contribution in [3.8, 4) is 5.75 Å². The number of anilines is 1. The fraction of sp³-hybridized carbons (Fsp3) is 0.174. The predicted octanol–water partition coefficient (Wildman–Crippen LogP) is 3.30. The maximum Gasteiger partial charge on any atom is 0.264 e. The Balaban J connectivity index is 1.69. The number of ether oxygens (including phenoxy) is 1. The molecule has 31 heavy (non-hydrogen) atoms. The average molecular weight is 438 g/mol. The van der Waals surface area contributed by atoms with Crippen molar-refractivity contribution >= 4 is 26.7 Å². The second-order valence-corrected chi connectivity index (χ2v) is 8.92. The first-order chi connectivity index (χ1) is 15.0. The molecule has 1 atom stereocenters. The molecule has 0 aliphatic carbocycles. The molecular formula is C23H23N3O4S. The largest absolute Gasteiger partial charge is 0.495 e. The smallest absolute Gasteiger partial charge is 0.264 e. The van der Waals surface area contributed by atoms with Crippen LogP contribution in [0, 0.1) is 0 Å². The predicted molar refractivity (Wildman–Crippen MR) is 120 cm³/mol. The van der Waals surface area contributed by atoms with Crippen molar-refractivity contribution in [1.82, 2.24) is 9.55 Å². The first-order valence-corrected chi connectivity index (χ1v) is 11.2. The first-order valence-electron chi connectivity index (χ1n) is 9.79. The van der Waals surface area contributed by atoms with E-state index in [0.29, 0.717) is 11.4 Å². The maximum atomic E-state index is 13.5. The standard InChI is InChI=1S/C23H23N3O4S/c1-30-23-14-8-7-13-22(23)26(31(28,29)19-9-3-2-4-10-19)16-18(27)15-25-17-24-20-11-5-6-12-21(20)25/h2-14,17-18,27H,15-16H2,1H3. The molecule has 1 heterocycles. The Labute approximate surface area is 181 Å². The van der Waals surface area contributed by atoms with Gasteiger partial charge < -0.3 is 14.4 Å². The summed E-state index contributed by atoms with van der Waals surface area (Å²) >= 11 is 0. The van der Waals surface area contributed by atoms with E-state index in [2.05, 4.69) is 4.98 Å².